The highest BCUT2D eigenvalue weighted by Crippen LogP contribution is 2.35. The third kappa shape index (κ3) is 2.88. The van der Waals surface area contributed by atoms with Crippen molar-refractivity contribution in [3.8, 4) is 6.07 Å². The zero-order valence-corrected chi connectivity index (χ0v) is 14.7. The van der Waals surface area contributed by atoms with Crippen molar-refractivity contribution in [3.63, 3.8) is 0 Å². The first-order valence-electron chi connectivity index (χ1n) is 9.14. The van der Waals surface area contributed by atoms with Gasteiger partial charge in [0.15, 0.2) is 5.79 Å². The molecule has 2 aliphatic heterocycles. The van der Waals surface area contributed by atoms with Gasteiger partial charge in [-0.25, -0.2) is 4.98 Å². The Morgan fingerprint density at radius 1 is 1.24 bits per heavy atom. The van der Waals surface area contributed by atoms with E-state index in [0.29, 0.717) is 26.2 Å². The molecule has 6 nitrogen and oxygen atoms in total. The Morgan fingerprint density at radius 3 is 2.68 bits per heavy atom. The Kier molecular flexibility index (Phi) is 4.36. The average Bonchev–Trinajstić information content (AvgIpc) is 3.25. The molecule has 1 aromatic carbocycles. The molecule has 0 saturated carbocycles. The molecule has 0 aliphatic carbocycles. The maximum atomic E-state index is 8.94. The first kappa shape index (κ1) is 16.4. The number of aryl methyl sites for hydroxylation is 2. The van der Waals surface area contributed by atoms with Gasteiger partial charge in [-0.3, -0.25) is 0 Å². The van der Waals surface area contributed by atoms with Crippen LogP contribution in [-0.4, -0.2) is 41.6 Å². The number of aromatic nitrogens is 2. The number of hydrogen-bond donors (Lipinski definition) is 0. The van der Waals surface area contributed by atoms with Crippen molar-refractivity contribution in [2.24, 2.45) is 0 Å². The minimum Gasteiger partial charge on any atom is -0.369 e. The lowest BCUT2D eigenvalue weighted by atomic mass is 10.0. The van der Waals surface area contributed by atoms with Gasteiger partial charge in [0, 0.05) is 38.9 Å². The zero-order valence-electron chi connectivity index (χ0n) is 14.7. The van der Waals surface area contributed by atoms with Gasteiger partial charge in [-0.2, -0.15) is 5.26 Å². The van der Waals surface area contributed by atoms with Crippen molar-refractivity contribution in [2.75, 3.05) is 31.2 Å². The standard InChI is InChI=1S/C19H24N4O2/c1-2-17-21-18-15(5-3-6-16(18)23(17)10-4-9-20)22-11-7-19(8-12-22)24-13-14-25-19/h3,5-6H,2,4,7-8,10-14H2,1H3. The van der Waals surface area contributed by atoms with Gasteiger partial charge in [-0.05, 0) is 12.1 Å². The fraction of sp³-hybridized carbons (Fsp3) is 0.579. The van der Waals surface area contributed by atoms with Crippen LogP contribution in [0.1, 0.15) is 32.0 Å². The minimum absolute atomic E-state index is 0.356. The molecule has 4 rings (SSSR count). The molecule has 2 saturated heterocycles. The average molecular weight is 340 g/mol. The van der Waals surface area contributed by atoms with E-state index in [0.717, 1.165) is 49.2 Å². The number of nitrogens with zero attached hydrogens (tertiary/aromatic N) is 4. The summed E-state index contributed by atoms with van der Waals surface area (Å²) in [6.07, 6.45) is 3.15. The molecule has 0 atom stereocenters. The SMILES string of the molecule is CCc1nc2c(N3CCC4(CC3)OCCO4)cccc2n1CCC#N. The van der Waals surface area contributed by atoms with E-state index in [1.165, 1.54) is 5.69 Å². The summed E-state index contributed by atoms with van der Waals surface area (Å²) >= 11 is 0. The van der Waals surface area contributed by atoms with Crippen LogP contribution in [-0.2, 0) is 22.4 Å². The van der Waals surface area contributed by atoms with Crippen LogP contribution in [0.4, 0.5) is 5.69 Å². The molecule has 2 aliphatic rings. The number of piperidine rings is 1. The van der Waals surface area contributed by atoms with Gasteiger partial charge in [-0.1, -0.05) is 13.0 Å². The predicted molar refractivity (Wildman–Crippen MR) is 95.4 cm³/mol. The molecule has 1 aromatic heterocycles. The molecule has 0 amide bonds. The molecule has 1 spiro atoms. The first-order valence-corrected chi connectivity index (χ1v) is 9.14. The molecule has 0 N–H and O–H groups in total. The van der Waals surface area contributed by atoms with E-state index >= 15 is 0 Å². The molecule has 0 radical (unpaired) electrons. The van der Waals surface area contributed by atoms with Crippen LogP contribution in [0.5, 0.6) is 0 Å². The third-order valence-corrected chi connectivity index (χ3v) is 5.28. The largest absolute Gasteiger partial charge is 0.369 e. The van der Waals surface area contributed by atoms with Crippen LogP contribution in [0, 0.1) is 11.3 Å². The topological polar surface area (TPSA) is 63.3 Å². The summed E-state index contributed by atoms with van der Waals surface area (Å²) in [6, 6.07) is 8.59. The summed E-state index contributed by atoms with van der Waals surface area (Å²) in [7, 11) is 0. The van der Waals surface area contributed by atoms with Gasteiger partial charge in [0.25, 0.3) is 0 Å². The number of ether oxygens (including phenoxy) is 2. The number of hydrogen-bond acceptors (Lipinski definition) is 5. The fourth-order valence-corrected chi connectivity index (χ4v) is 3.99. The summed E-state index contributed by atoms with van der Waals surface area (Å²) < 4.78 is 13.9. The predicted octanol–water partition coefficient (Wildman–Crippen LogP) is 2.86. The lowest BCUT2D eigenvalue weighted by molar-refractivity contribution is -0.169. The summed E-state index contributed by atoms with van der Waals surface area (Å²) in [5.41, 5.74) is 3.34. The normalized spacial score (nSPS) is 19.6. The maximum Gasteiger partial charge on any atom is 0.171 e. The van der Waals surface area contributed by atoms with E-state index in [2.05, 4.69) is 40.7 Å². The van der Waals surface area contributed by atoms with Crippen molar-refractivity contribution in [3.05, 3.63) is 24.0 Å². The van der Waals surface area contributed by atoms with Gasteiger partial charge in [0.2, 0.25) is 0 Å². The number of nitriles is 1. The van der Waals surface area contributed by atoms with E-state index in [4.69, 9.17) is 19.7 Å². The van der Waals surface area contributed by atoms with Crippen LogP contribution < -0.4 is 4.90 Å². The number of anilines is 1. The molecule has 25 heavy (non-hydrogen) atoms. The van der Waals surface area contributed by atoms with Crippen molar-refractivity contribution in [1.82, 2.24) is 9.55 Å². The smallest absolute Gasteiger partial charge is 0.171 e. The second kappa shape index (κ2) is 6.66. The van der Waals surface area contributed by atoms with E-state index in [1.54, 1.807) is 0 Å². The van der Waals surface area contributed by atoms with Crippen LogP contribution in [0.15, 0.2) is 18.2 Å². The van der Waals surface area contributed by atoms with Crippen molar-refractivity contribution in [1.29, 1.82) is 5.26 Å². The van der Waals surface area contributed by atoms with Crippen LogP contribution in [0.2, 0.25) is 0 Å². The highest BCUT2D eigenvalue weighted by Gasteiger charge is 2.40. The number of fused-ring (bicyclic) bond motifs is 1. The minimum atomic E-state index is -0.356. The second-order valence-electron chi connectivity index (χ2n) is 6.68. The number of rotatable bonds is 4. The third-order valence-electron chi connectivity index (χ3n) is 5.28. The molecule has 0 unspecified atom stereocenters. The lowest BCUT2D eigenvalue weighted by Crippen LogP contribution is -2.45. The van der Waals surface area contributed by atoms with Crippen LogP contribution in [0.25, 0.3) is 11.0 Å². The van der Waals surface area contributed by atoms with Gasteiger partial charge in [0.1, 0.15) is 11.3 Å². The highest BCUT2D eigenvalue weighted by atomic mass is 16.7. The monoisotopic (exact) mass is 340 g/mol. The number of benzene rings is 1. The van der Waals surface area contributed by atoms with E-state index in [-0.39, 0.29) is 5.79 Å². The zero-order chi connectivity index (χ0) is 17.3. The van der Waals surface area contributed by atoms with Crippen LogP contribution in [0.3, 0.4) is 0 Å². The summed E-state index contributed by atoms with van der Waals surface area (Å²) in [6.45, 7) is 6.04. The van der Waals surface area contributed by atoms with Crippen molar-refractivity contribution >= 4 is 16.7 Å². The highest BCUT2D eigenvalue weighted by molar-refractivity contribution is 5.89. The fourth-order valence-electron chi connectivity index (χ4n) is 3.99. The van der Waals surface area contributed by atoms with Gasteiger partial charge < -0.3 is 18.9 Å². The molecule has 3 heterocycles. The molecule has 132 valence electrons. The Morgan fingerprint density at radius 2 is 2.00 bits per heavy atom. The van der Waals surface area contributed by atoms with Crippen LogP contribution >= 0.6 is 0 Å². The molecule has 2 fully saturated rings. The summed E-state index contributed by atoms with van der Waals surface area (Å²) in [5, 5.41) is 8.94. The van der Waals surface area contributed by atoms with E-state index < -0.39 is 0 Å². The summed E-state index contributed by atoms with van der Waals surface area (Å²) in [5.74, 6) is 0.694. The number of imidazole rings is 1. The first-order chi connectivity index (χ1) is 12.3. The Labute approximate surface area is 147 Å². The number of para-hydroxylation sites is 1. The Balaban J connectivity index is 1.64. The van der Waals surface area contributed by atoms with Gasteiger partial charge in [-0.15, -0.1) is 0 Å². The molecule has 2 aromatic rings. The molecule has 6 heteroatoms. The lowest BCUT2D eigenvalue weighted by Gasteiger charge is -2.38. The molecular weight excluding hydrogens is 316 g/mol. The molecular formula is C19H24N4O2. The van der Waals surface area contributed by atoms with Gasteiger partial charge >= 0.3 is 0 Å². The van der Waals surface area contributed by atoms with Gasteiger partial charge in [0.05, 0.1) is 36.9 Å². The quantitative estimate of drug-likeness (QED) is 0.856. The van der Waals surface area contributed by atoms with Crippen molar-refractivity contribution in [2.45, 2.75) is 44.9 Å². The molecule has 0 bridgehead atoms. The Bertz CT molecular complexity index is 792. The maximum absolute atomic E-state index is 8.94. The van der Waals surface area contributed by atoms with E-state index in [9.17, 15) is 0 Å². The summed E-state index contributed by atoms with van der Waals surface area (Å²) in [4.78, 5) is 7.29. The second-order valence-corrected chi connectivity index (χ2v) is 6.68. The Hall–Kier alpha value is -2.10. The van der Waals surface area contributed by atoms with E-state index in [1.807, 2.05) is 0 Å². The van der Waals surface area contributed by atoms with Crippen molar-refractivity contribution < 1.29 is 9.47 Å².